The van der Waals surface area contributed by atoms with Gasteiger partial charge in [0.1, 0.15) is 4.21 Å². The summed E-state index contributed by atoms with van der Waals surface area (Å²) in [4.78, 5) is 5.21. The van der Waals surface area contributed by atoms with Gasteiger partial charge in [-0.15, -0.1) is 22.7 Å². The number of aromatic nitrogens is 1. The third kappa shape index (κ3) is 3.61. The van der Waals surface area contributed by atoms with Crippen molar-refractivity contribution < 1.29 is 8.42 Å². The van der Waals surface area contributed by atoms with Crippen LogP contribution in [0.5, 0.6) is 0 Å². The average molecular weight is 317 g/mol. The highest BCUT2D eigenvalue weighted by Gasteiger charge is 2.17. The van der Waals surface area contributed by atoms with Crippen LogP contribution < -0.4 is 10.5 Å². The van der Waals surface area contributed by atoms with Crippen molar-refractivity contribution in [3.63, 3.8) is 0 Å². The molecule has 2 aromatic rings. The maximum Gasteiger partial charge on any atom is 0.250 e. The molecular formula is C11H15N3O2S3. The summed E-state index contributed by atoms with van der Waals surface area (Å²) in [7, 11) is -3.42. The topological polar surface area (TPSA) is 85.1 Å². The highest BCUT2D eigenvalue weighted by atomic mass is 32.2. The fourth-order valence-electron chi connectivity index (χ4n) is 1.46. The molecule has 0 amide bonds. The van der Waals surface area contributed by atoms with E-state index in [9.17, 15) is 8.42 Å². The van der Waals surface area contributed by atoms with Crippen molar-refractivity contribution in [1.82, 2.24) is 9.71 Å². The van der Waals surface area contributed by atoms with Crippen LogP contribution in [-0.4, -0.2) is 26.5 Å². The van der Waals surface area contributed by atoms with Crippen LogP contribution in [0.2, 0.25) is 0 Å². The maximum atomic E-state index is 12.0. The third-order valence-corrected chi connectivity index (χ3v) is 6.22. The van der Waals surface area contributed by atoms with Crippen molar-refractivity contribution in [2.75, 3.05) is 13.1 Å². The fraction of sp³-hybridized carbons (Fsp3) is 0.364. The summed E-state index contributed by atoms with van der Waals surface area (Å²) >= 11 is 2.78. The molecule has 0 radical (unpaired) electrons. The largest absolute Gasteiger partial charge is 0.330 e. The molecular weight excluding hydrogens is 302 g/mol. The maximum absolute atomic E-state index is 12.0. The van der Waals surface area contributed by atoms with Gasteiger partial charge < -0.3 is 5.73 Å². The molecule has 8 heteroatoms. The summed E-state index contributed by atoms with van der Waals surface area (Å²) < 4.78 is 26.8. The Morgan fingerprint density at radius 1 is 1.42 bits per heavy atom. The number of hydrogen-bond acceptors (Lipinski definition) is 6. The lowest BCUT2D eigenvalue weighted by Crippen LogP contribution is -2.25. The van der Waals surface area contributed by atoms with Crippen LogP contribution in [0.1, 0.15) is 11.4 Å². The zero-order valence-electron chi connectivity index (χ0n) is 10.4. The Hall–Kier alpha value is -0.800. The normalized spacial score (nSPS) is 11.9. The smallest absolute Gasteiger partial charge is 0.250 e. The second-order valence-corrected chi connectivity index (χ2v) is 8.05. The van der Waals surface area contributed by atoms with Crippen LogP contribution in [-0.2, 0) is 10.0 Å². The molecule has 2 heterocycles. The van der Waals surface area contributed by atoms with Crippen LogP contribution in [0.15, 0.2) is 21.7 Å². The second-order valence-electron chi connectivity index (χ2n) is 3.91. The molecule has 5 nitrogen and oxygen atoms in total. The lowest BCUT2D eigenvalue weighted by molar-refractivity contribution is 0.581. The molecule has 2 rings (SSSR count). The summed E-state index contributed by atoms with van der Waals surface area (Å²) in [6.45, 7) is 2.76. The van der Waals surface area contributed by atoms with E-state index < -0.39 is 10.0 Å². The predicted octanol–water partition coefficient (Wildman–Crippen LogP) is 1.81. The van der Waals surface area contributed by atoms with Crippen LogP contribution in [0.25, 0.3) is 10.6 Å². The summed E-state index contributed by atoms with van der Waals surface area (Å²) in [6, 6.07) is 3.40. The van der Waals surface area contributed by atoms with Crippen molar-refractivity contribution in [3.05, 3.63) is 22.5 Å². The molecule has 0 saturated carbocycles. The van der Waals surface area contributed by atoms with Gasteiger partial charge >= 0.3 is 0 Å². The summed E-state index contributed by atoms with van der Waals surface area (Å²) in [5, 5.41) is 2.90. The van der Waals surface area contributed by atoms with Gasteiger partial charge in [-0.2, -0.15) is 0 Å². The zero-order chi connectivity index (χ0) is 13.9. The van der Waals surface area contributed by atoms with Crippen molar-refractivity contribution in [2.24, 2.45) is 5.73 Å². The van der Waals surface area contributed by atoms with Gasteiger partial charge in [-0.1, -0.05) is 0 Å². The van der Waals surface area contributed by atoms with Gasteiger partial charge in [0, 0.05) is 11.9 Å². The number of thiophene rings is 1. The Morgan fingerprint density at radius 2 is 2.21 bits per heavy atom. The number of nitrogens with one attached hydrogen (secondary N) is 1. The first-order valence-electron chi connectivity index (χ1n) is 5.75. The van der Waals surface area contributed by atoms with Gasteiger partial charge in [-0.25, -0.2) is 18.1 Å². The number of sulfonamides is 1. The Kier molecular flexibility index (Phi) is 4.69. The molecule has 0 fully saturated rings. The number of hydrogen-bond donors (Lipinski definition) is 2. The molecule has 0 aliphatic rings. The van der Waals surface area contributed by atoms with Crippen molar-refractivity contribution in [2.45, 2.75) is 17.6 Å². The van der Waals surface area contributed by atoms with Gasteiger partial charge in [-0.05, 0) is 32.0 Å². The Morgan fingerprint density at radius 3 is 2.84 bits per heavy atom. The number of rotatable bonds is 6. The van der Waals surface area contributed by atoms with E-state index in [0.717, 1.165) is 15.6 Å². The summed E-state index contributed by atoms with van der Waals surface area (Å²) in [5.41, 5.74) is 6.17. The van der Waals surface area contributed by atoms with Gasteiger partial charge in [-0.3, -0.25) is 0 Å². The minimum atomic E-state index is -3.42. The highest BCUT2D eigenvalue weighted by Crippen LogP contribution is 2.31. The van der Waals surface area contributed by atoms with Crippen molar-refractivity contribution >= 4 is 32.7 Å². The molecule has 0 saturated heterocycles. The van der Waals surface area contributed by atoms with Crippen LogP contribution in [0.4, 0.5) is 0 Å². The molecule has 2 aromatic heterocycles. The van der Waals surface area contributed by atoms with E-state index in [4.69, 9.17) is 5.73 Å². The summed E-state index contributed by atoms with van der Waals surface area (Å²) in [6.07, 6.45) is 0.628. The zero-order valence-corrected chi connectivity index (χ0v) is 12.9. The van der Waals surface area contributed by atoms with E-state index in [-0.39, 0.29) is 0 Å². The SMILES string of the molecule is Cc1nc(-c2ccc(S(=O)(=O)NCCCN)s2)cs1. The average Bonchev–Trinajstić information content (AvgIpc) is 2.97. The quantitative estimate of drug-likeness (QED) is 0.796. The molecule has 104 valence electrons. The molecule has 0 aliphatic carbocycles. The Bertz CT molecular complexity index is 646. The molecule has 0 unspecified atom stereocenters. The van der Waals surface area contributed by atoms with Crippen LogP contribution in [0, 0.1) is 6.92 Å². The van der Waals surface area contributed by atoms with E-state index >= 15 is 0 Å². The second kappa shape index (κ2) is 6.10. The fourth-order valence-corrected chi connectivity index (χ4v) is 4.53. The molecule has 0 aromatic carbocycles. The monoisotopic (exact) mass is 317 g/mol. The van der Waals surface area contributed by atoms with Gasteiger partial charge in [0.25, 0.3) is 0 Å². The standard InChI is InChI=1S/C11H15N3O2S3/c1-8-14-9(7-17-8)10-3-4-11(18-10)19(15,16)13-6-2-5-12/h3-4,7,13H,2,5-6,12H2,1H3. The minimum absolute atomic E-state index is 0.310. The lowest BCUT2D eigenvalue weighted by atomic mass is 10.4. The molecule has 0 spiro atoms. The number of nitrogens with zero attached hydrogens (tertiary/aromatic N) is 1. The number of aryl methyl sites for hydroxylation is 1. The lowest BCUT2D eigenvalue weighted by Gasteiger charge is -2.02. The van der Waals surface area contributed by atoms with E-state index in [1.54, 1.807) is 23.5 Å². The first-order chi connectivity index (χ1) is 9.03. The summed E-state index contributed by atoms with van der Waals surface area (Å²) in [5.74, 6) is 0. The highest BCUT2D eigenvalue weighted by molar-refractivity contribution is 7.91. The molecule has 0 bridgehead atoms. The van der Waals surface area contributed by atoms with Crippen molar-refractivity contribution in [3.8, 4) is 10.6 Å². The van der Waals surface area contributed by atoms with E-state index in [0.29, 0.717) is 23.7 Å². The first kappa shape index (κ1) is 14.6. The van der Waals surface area contributed by atoms with Crippen LogP contribution in [0.3, 0.4) is 0 Å². The molecule has 0 aliphatic heterocycles. The van der Waals surface area contributed by atoms with Crippen LogP contribution >= 0.6 is 22.7 Å². The first-order valence-corrected chi connectivity index (χ1v) is 8.93. The predicted molar refractivity (Wildman–Crippen MR) is 79.0 cm³/mol. The third-order valence-electron chi connectivity index (χ3n) is 2.39. The minimum Gasteiger partial charge on any atom is -0.330 e. The van der Waals surface area contributed by atoms with Gasteiger partial charge in [0.15, 0.2) is 0 Å². The van der Waals surface area contributed by atoms with Gasteiger partial charge in [0.2, 0.25) is 10.0 Å². The number of thiazole rings is 1. The number of nitrogens with two attached hydrogens (primary N) is 1. The Balaban J connectivity index is 2.16. The van der Waals surface area contributed by atoms with Crippen molar-refractivity contribution in [1.29, 1.82) is 0 Å². The molecule has 3 N–H and O–H groups in total. The molecule has 0 atom stereocenters. The van der Waals surface area contributed by atoms with E-state index in [1.807, 2.05) is 12.3 Å². The van der Waals surface area contributed by atoms with E-state index in [2.05, 4.69) is 9.71 Å². The molecule has 19 heavy (non-hydrogen) atoms. The Labute approximate surface area is 120 Å². The van der Waals surface area contributed by atoms with Gasteiger partial charge in [0.05, 0.1) is 15.6 Å². The van der Waals surface area contributed by atoms with E-state index in [1.165, 1.54) is 11.3 Å².